The van der Waals surface area contributed by atoms with Crippen molar-refractivity contribution in [2.75, 3.05) is 9.96 Å². The molecule has 3 aromatic carbocycles. The Morgan fingerprint density at radius 2 is 1.47 bits per heavy atom. The van der Waals surface area contributed by atoms with Crippen LogP contribution in [0.25, 0.3) is 0 Å². The highest BCUT2D eigenvalue weighted by molar-refractivity contribution is 6.23. The average molecular weight is 406 g/mol. The van der Waals surface area contributed by atoms with Gasteiger partial charge in [-0.05, 0) is 36.4 Å². The maximum Gasteiger partial charge on any atom is 0.266 e. The van der Waals surface area contributed by atoms with Crippen LogP contribution in [0, 0.1) is 17.6 Å². The molecule has 2 amide bonds. The number of amides is 2. The lowest BCUT2D eigenvalue weighted by Crippen LogP contribution is -2.37. The van der Waals surface area contributed by atoms with Gasteiger partial charge in [-0.1, -0.05) is 42.5 Å². The van der Waals surface area contributed by atoms with Gasteiger partial charge in [0.05, 0.1) is 17.4 Å². The average Bonchev–Trinajstić information content (AvgIpc) is 3.25. The van der Waals surface area contributed by atoms with E-state index >= 15 is 0 Å². The number of rotatable bonds is 3. The zero-order valence-electron chi connectivity index (χ0n) is 15.6. The van der Waals surface area contributed by atoms with E-state index in [0.29, 0.717) is 5.69 Å². The van der Waals surface area contributed by atoms with Crippen LogP contribution in [0.1, 0.15) is 11.6 Å². The number of nitrogens with zero attached hydrogens (tertiary/aromatic N) is 2. The minimum atomic E-state index is -1.13. The van der Waals surface area contributed by atoms with Gasteiger partial charge in [0.15, 0.2) is 6.10 Å². The first-order valence-electron chi connectivity index (χ1n) is 9.45. The molecule has 0 aromatic heterocycles. The van der Waals surface area contributed by atoms with E-state index in [1.165, 1.54) is 29.3 Å². The van der Waals surface area contributed by atoms with E-state index in [1.54, 1.807) is 42.5 Å². The Hall–Kier alpha value is -3.58. The molecule has 3 atom stereocenters. The molecule has 2 aliphatic heterocycles. The van der Waals surface area contributed by atoms with E-state index in [1.807, 2.05) is 6.07 Å². The predicted octanol–water partition coefficient (Wildman–Crippen LogP) is 4.02. The van der Waals surface area contributed by atoms with Gasteiger partial charge in [0, 0.05) is 5.56 Å². The zero-order chi connectivity index (χ0) is 20.8. The van der Waals surface area contributed by atoms with Crippen LogP contribution in [0.15, 0.2) is 78.9 Å². The van der Waals surface area contributed by atoms with E-state index in [4.69, 9.17) is 4.84 Å². The number of para-hydroxylation sites is 1. The van der Waals surface area contributed by atoms with Crippen molar-refractivity contribution in [3.05, 3.63) is 96.1 Å². The number of fused-ring (bicyclic) bond motifs is 1. The topological polar surface area (TPSA) is 49.9 Å². The van der Waals surface area contributed by atoms with Gasteiger partial charge in [-0.3, -0.25) is 14.4 Å². The third-order valence-corrected chi connectivity index (χ3v) is 5.42. The Labute approximate surface area is 171 Å². The minimum absolute atomic E-state index is 0.126. The smallest absolute Gasteiger partial charge is 0.266 e. The van der Waals surface area contributed by atoms with Crippen LogP contribution >= 0.6 is 0 Å². The van der Waals surface area contributed by atoms with E-state index in [-0.39, 0.29) is 11.3 Å². The standard InChI is InChI=1S/C23H16F2N2O3/c24-14-7-6-10-16(13-14)26-22(28)19-20(17-11-4-5-12-18(17)25)27(30-21(19)23(26)29)15-8-2-1-3-9-15/h1-13,19-21H/t19-,20-,21-/m0/s1. The van der Waals surface area contributed by atoms with Crippen molar-refractivity contribution in [1.82, 2.24) is 0 Å². The number of hydroxylamine groups is 1. The molecule has 2 fully saturated rings. The maximum absolute atomic E-state index is 14.7. The van der Waals surface area contributed by atoms with Crippen molar-refractivity contribution < 1.29 is 23.2 Å². The molecule has 0 N–H and O–H groups in total. The third-order valence-electron chi connectivity index (χ3n) is 5.42. The summed E-state index contributed by atoms with van der Waals surface area (Å²) in [5.41, 5.74) is 0.968. The van der Waals surface area contributed by atoms with Crippen molar-refractivity contribution in [2.45, 2.75) is 12.1 Å². The zero-order valence-corrected chi connectivity index (χ0v) is 15.6. The van der Waals surface area contributed by atoms with Gasteiger partial charge in [-0.15, -0.1) is 0 Å². The number of benzene rings is 3. The van der Waals surface area contributed by atoms with Crippen molar-refractivity contribution >= 4 is 23.2 Å². The van der Waals surface area contributed by atoms with Crippen LogP contribution in [0.3, 0.4) is 0 Å². The van der Waals surface area contributed by atoms with E-state index in [0.717, 1.165) is 11.0 Å². The van der Waals surface area contributed by atoms with Crippen LogP contribution in [-0.2, 0) is 14.4 Å². The summed E-state index contributed by atoms with van der Waals surface area (Å²) < 4.78 is 28.4. The Kier molecular flexibility index (Phi) is 4.33. The Morgan fingerprint density at radius 1 is 0.767 bits per heavy atom. The lowest BCUT2D eigenvalue weighted by molar-refractivity contribution is -0.126. The molecular formula is C23H16F2N2O3. The number of halogens is 2. The lowest BCUT2D eigenvalue weighted by Gasteiger charge is -2.29. The molecule has 0 aliphatic carbocycles. The summed E-state index contributed by atoms with van der Waals surface area (Å²) in [7, 11) is 0. The molecule has 30 heavy (non-hydrogen) atoms. The molecular weight excluding hydrogens is 390 g/mol. The number of hydrogen-bond donors (Lipinski definition) is 0. The minimum Gasteiger partial charge on any atom is -0.273 e. The first-order valence-corrected chi connectivity index (χ1v) is 9.45. The second-order valence-corrected chi connectivity index (χ2v) is 7.17. The number of imide groups is 1. The summed E-state index contributed by atoms with van der Waals surface area (Å²) in [5, 5.41) is 1.42. The molecule has 2 heterocycles. The molecule has 3 aromatic rings. The monoisotopic (exact) mass is 406 g/mol. The van der Waals surface area contributed by atoms with Crippen molar-refractivity contribution in [3.8, 4) is 0 Å². The molecule has 0 bridgehead atoms. The summed E-state index contributed by atoms with van der Waals surface area (Å²) in [6, 6.07) is 19.4. The Balaban J connectivity index is 1.61. The van der Waals surface area contributed by atoms with Crippen LogP contribution < -0.4 is 9.96 Å². The highest BCUT2D eigenvalue weighted by Crippen LogP contribution is 2.48. The van der Waals surface area contributed by atoms with Crippen molar-refractivity contribution in [2.24, 2.45) is 5.92 Å². The fraction of sp³-hybridized carbons (Fsp3) is 0.130. The summed E-state index contributed by atoms with van der Waals surface area (Å²) in [5.74, 6) is -3.20. The van der Waals surface area contributed by atoms with Crippen LogP contribution in [0.4, 0.5) is 20.2 Å². The van der Waals surface area contributed by atoms with Crippen LogP contribution in [0.5, 0.6) is 0 Å². The number of anilines is 2. The van der Waals surface area contributed by atoms with E-state index in [2.05, 4.69) is 0 Å². The van der Waals surface area contributed by atoms with Gasteiger partial charge < -0.3 is 0 Å². The van der Waals surface area contributed by atoms with E-state index < -0.39 is 41.5 Å². The van der Waals surface area contributed by atoms with Gasteiger partial charge in [0.25, 0.3) is 5.91 Å². The number of carbonyl (C=O) groups excluding carboxylic acids is 2. The van der Waals surface area contributed by atoms with Gasteiger partial charge in [0.1, 0.15) is 17.6 Å². The molecule has 150 valence electrons. The summed E-state index contributed by atoms with van der Waals surface area (Å²) in [6.07, 6.45) is -1.13. The number of carbonyl (C=O) groups is 2. The SMILES string of the molecule is O=C1[C@@H]2[C@H](ON(c3ccccc3)[C@H]2c2ccccc2F)C(=O)N1c1cccc(F)c1. The molecule has 0 saturated carbocycles. The quantitative estimate of drug-likeness (QED) is 0.617. The molecule has 5 nitrogen and oxygen atoms in total. The second kappa shape index (κ2) is 7.03. The molecule has 0 spiro atoms. The Bertz CT molecular complexity index is 1140. The largest absolute Gasteiger partial charge is 0.273 e. The van der Waals surface area contributed by atoms with Gasteiger partial charge in [-0.2, -0.15) is 0 Å². The normalized spacial score (nSPS) is 23.2. The second-order valence-electron chi connectivity index (χ2n) is 7.17. The van der Waals surface area contributed by atoms with Gasteiger partial charge in [-0.25, -0.2) is 18.7 Å². The first kappa shape index (κ1) is 18.4. The van der Waals surface area contributed by atoms with Crippen LogP contribution in [-0.4, -0.2) is 17.9 Å². The highest BCUT2D eigenvalue weighted by Gasteiger charge is 2.60. The van der Waals surface area contributed by atoms with Gasteiger partial charge >= 0.3 is 0 Å². The fourth-order valence-electron chi connectivity index (χ4n) is 4.11. The maximum atomic E-state index is 14.7. The van der Waals surface area contributed by atoms with E-state index in [9.17, 15) is 18.4 Å². The molecule has 2 saturated heterocycles. The predicted molar refractivity (Wildman–Crippen MR) is 105 cm³/mol. The van der Waals surface area contributed by atoms with Crippen LogP contribution in [0.2, 0.25) is 0 Å². The first-order chi connectivity index (χ1) is 14.6. The lowest BCUT2D eigenvalue weighted by atomic mass is 9.90. The summed E-state index contributed by atoms with van der Waals surface area (Å²) in [6.45, 7) is 0. The molecule has 5 rings (SSSR count). The fourth-order valence-corrected chi connectivity index (χ4v) is 4.11. The number of hydrogen-bond acceptors (Lipinski definition) is 4. The Morgan fingerprint density at radius 3 is 2.20 bits per heavy atom. The van der Waals surface area contributed by atoms with Crippen molar-refractivity contribution in [1.29, 1.82) is 0 Å². The molecule has 2 aliphatic rings. The molecule has 7 heteroatoms. The van der Waals surface area contributed by atoms with Crippen molar-refractivity contribution in [3.63, 3.8) is 0 Å². The molecule has 0 unspecified atom stereocenters. The van der Waals surface area contributed by atoms with Gasteiger partial charge in [0.2, 0.25) is 5.91 Å². The summed E-state index contributed by atoms with van der Waals surface area (Å²) in [4.78, 5) is 33.3. The highest BCUT2D eigenvalue weighted by atomic mass is 19.1. The molecule has 0 radical (unpaired) electrons. The third kappa shape index (κ3) is 2.78. The summed E-state index contributed by atoms with van der Waals surface area (Å²) >= 11 is 0.